The first-order chi connectivity index (χ1) is 13.5. The summed E-state index contributed by atoms with van der Waals surface area (Å²) in [6.45, 7) is 6.98. The Morgan fingerprint density at radius 2 is 1.93 bits per heavy atom. The van der Waals surface area contributed by atoms with Gasteiger partial charge < -0.3 is 15.0 Å². The maximum absolute atomic E-state index is 12.6. The molecule has 0 aliphatic carbocycles. The number of rotatable bonds is 7. The second kappa shape index (κ2) is 9.39. The fraction of sp³-hybridized carbons (Fsp3) is 0.550. The van der Waals surface area contributed by atoms with Crippen LogP contribution in [0.2, 0.25) is 0 Å². The third-order valence-corrected chi connectivity index (χ3v) is 6.84. The standard InChI is InChI=1S/C20H28N2O6S/c1-5-22(17-8-9-29(26,27)12-17)20(25)15(4)28-18(23)11-21-19(24)16-7-6-13(2)14(3)10-16/h6-7,10,15,17H,5,8-9,11-12H2,1-4H3,(H,21,24)/t15-,17+/m1/s1. The van der Waals surface area contributed by atoms with Crippen molar-refractivity contribution in [3.8, 4) is 0 Å². The summed E-state index contributed by atoms with van der Waals surface area (Å²) in [7, 11) is -3.13. The molecule has 2 atom stereocenters. The maximum atomic E-state index is 12.6. The maximum Gasteiger partial charge on any atom is 0.326 e. The van der Waals surface area contributed by atoms with Gasteiger partial charge in [-0.05, 0) is 57.4 Å². The predicted octanol–water partition coefficient (Wildman–Crippen LogP) is 1.00. The molecular formula is C20H28N2O6S. The van der Waals surface area contributed by atoms with Gasteiger partial charge in [-0.15, -0.1) is 0 Å². The van der Waals surface area contributed by atoms with Crippen molar-refractivity contribution in [1.82, 2.24) is 10.2 Å². The monoisotopic (exact) mass is 424 g/mol. The second-order valence-corrected chi connectivity index (χ2v) is 9.52. The summed E-state index contributed by atoms with van der Waals surface area (Å²) in [5, 5.41) is 2.48. The number of nitrogens with zero attached hydrogens (tertiary/aromatic N) is 1. The number of carbonyl (C=O) groups excluding carboxylic acids is 3. The highest BCUT2D eigenvalue weighted by molar-refractivity contribution is 7.91. The molecule has 8 nitrogen and oxygen atoms in total. The van der Waals surface area contributed by atoms with Crippen LogP contribution in [0.4, 0.5) is 0 Å². The average Bonchev–Trinajstić information content (AvgIpc) is 3.01. The van der Waals surface area contributed by atoms with Gasteiger partial charge >= 0.3 is 5.97 Å². The first-order valence-electron chi connectivity index (χ1n) is 9.60. The number of hydrogen-bond donors (Lipinski definition) is 1. The van der Waals surface area contributed by atoms with E-state index in [0.717, 1.165) is 11.1 Å². The minimum Gasteiger partial charge on any atom is -0.451 e. The molecule has 1 N–H and O–H groups in total. The summed E-state index contributed by atoms with van der Waals surface area (Å²) in [6, 6.07) is 4.83. The molecule has 1 saturated heterocycles. The molecule has 2 rings (SSSR count). The molecular weight excluding hydrogens is 396 g/mol. The van der Waals surface area contributed by atoms with Gasteiger partial charge in [0.15, 0.2) is 15.9 Å². The van der Waals surface area contributed by atoms with Gasteiger partial charge in [-0.2, -0.15) is 0 Å². The van der Waals surface area contributed by atoms with E-state index in [1.165, 1.54) is 11.8 Å². The van der Waals surface area contributed by atoms with E-state index in [4.69, 9.17) is 4.74 Å². The van der Waals surface area contributed by atoms with Crippen LogP contribution in [0.5, 0.6) is 0 Å². The van der Waals surface area contributed by atoms with E-state index in [2.05, 4.69) is 5.32 Å². The molecule has 2 amide bonds. The van der Waals surface area contributed by atoms with Gasteiger partial charge in [-0.3, -0.25) is 14.4 Å². The van der Waals surface area contributed by atoms with Crippen molar-refractivity contribution in [2.24, 2.45) is 0 Å². The third kappa shape index (κ3) is 6.03. The summed E-state index contributed by atoms with van der Waals surface area (Å²) in [6.07, 6.45) is -0.682. The summed E-state index contributed by atoms with van der Waals surface area (Å²) in [4.78, 5) is 38.3. The average molecular weight is 425 g/mol. The number of nitrogens with one attached hydrogen (secondary N) is 1. The van der Waals surface area contributed by atoms with Crippen molar-refractivity contribution < 1.29 is 27.5 Å². The molecule has 0 unspecified atom stereocenters. The van der Waals surface area contributed by atoms with Crippen LogP contribution in [0, 0.1) is 13.8 Å². The molecule has 1 aliphatic rings. The van der Waals surface area contributed by atoms with Crippen LogP contribution in [-0.2, 0) is 24.2 Å². The number of likely N-dealkylation sites (N-methyl/N-ethyl adjacent to an activating group) is 1. The Kier molecular flexibility index (Phi) is 7.40. The molecule has 0 aromatic heterocycles. The van der Waals surface area contributed by atoms with Crippen molar-refractivity contribution in [2.75, 3.05) is 24.6 Å². The highest BCUT2D eigenvalue weighted by Crippen LogP contribution is 2.19. The largest absolute Gasteiger partial charge is 0.451 e. The number of esters is 1. The molecule has 1 aromatic rings. The fourth-order valence-corrected chi connectivity index (χ4v) is 5.01. The molecule has 1 aliphatic heterocycles. The van der Waals surface area contributed by atoms with Crippen molar-refractivity contribution in [2.45, 2.75) is 46.3 Å². The molecule has 0 radical (unpaired) electrons. The third-order valence-electron chi connectivity index (χ3n) is 5.09. The van der Waals surface area contributed by atoms with Gasteiger partial charge in [0.1, 0.15) is 6.54 Å². The van der Waals surface area contributed by atoms with Gasteiger partial charge in [-0.25, -0.2) is 8.42 Å². The smallest absolute Gasteiger partial charge is 0.326 e. The Balaban J connectivity index is 1.88. The number of carbonyl (C=O) groups is 3. The van der Waals surface area contributed by atoms with E-state index in [1.807, 2.05) is 19.9 Å². The summed E-state index contributed by atoms with van der Waals surface area (Å²) in [5.41, 5.74) is 2.46. The highest BCUT2D eigenvalue weighted by Gasteiger charge is 2.36. The van der Waals surface area contributed by atoms with Gasteiger partial charge in [0, 0.05) is 18.2 Å². The lowest BCUT2D eigenvalue weighted by molar-refractivity contribution is -0.159. The van der Waals surface area contributed by atoms with Crippen molar-refractivity contribution >= 4 is 27.6 Å². The Labute approximate surface area is 171 Å². The van der Waals surface area contributed by atoms with Crippen LogP contribution in [0.15, 0.2) is 18.2 Å². The SMILES string of the molecule is CCN(C(=O)[C@@H](C)OC(=O)CNC(=O)c1ccc(C)c(C)c1)[C@H]1CCS(=O)(=O)C1. The molecule has 1 aromatic carbocycles. The molecule has 9 heteroatoms. The van der Waals surface area contributed by atoms with E-state index < -0.39 is 39.8 Å². The predicted molar refractivity (Wildman–Crippen MR) is 108 cm³/mol. The number of aryl methyl sites for hydroxylation is 2. The van der Waals surface area contributed by atoms with Crippen LogP contribution in [-0.4, -0.2) is 67.8 Å². The van der Waals surface area contributed by atoms with Crippen molar-refractivity contribution in [3.63, 3.8) is 0 Å². The summed E-state index contributed by atoms with van der Waals surface area (Å²) in [5.74, 6) is -1.60. The zero-order chi connectivity index (χ0) is 21.8. The lowest BCUT2D eigenvalue weighted by Gasteiger charge is -2.29. The first-order valence-corrected chi connectivity index (χ1v) is 11.4. The molecule has 29 heavy (non-hydrogen) atoms. The highest BCUT2D eigenvalue weighted by atomic mass is 32.2. The lowest BCUT2D eigenvalue weighted by atomic mass is 10.1. The van der Waals surface area contributed by atoms with Crippen molar-refractivity contribution in [1.29, 1.82) is 0 Å². The van der Waals surface area contributed by atoms with Gasteiger partial charge in [-0.1, -0.05) is 6.07 Å². The number of ether oxygens (including phenoxy) is 1. The summed E-state index contributed by atoms with van der Waals surface area (Å²) < 4.78 is 28.5. The Bertz CT molecular complexity index is 896. The minimum atomic E-state index is -3.13. The Morgan fingerprint density at radius 1 is 1.24 bits per heavy atom. The zero-order valence-electron chi connectivity index (χ0n) is 17.2. The number of sulfone groups is 1. The molecule has 160 valence electrons. The van der Waals surface area contributed by atoms with Crippen LogP contribution < -0.4 is 5.32 Å². The Hall–Kier alpha value is -2.42. The van der Waals surface area contributed by atoms with E-state index in [0.29, 0.717) is 18.5 Å². The van der Waals surface area contributed by atoms with Gasteiger partial charge in [0.2, 0.25) is 0 Å². The first kappa shape index (κ1) is 22.9. The van der Waals surface area contributed by atoms with Gasteiger partial charge in [0.25, 0.3) is 11.8 Å². The van der Waals surface area contributed by atoms with Crippen LogP contribution in [0.3, 0.4) is 0 Å². The van der Waals surface area contributed by atoms with E-state index in [-0.39, 0.29) is 18.1 Å². The topological polar surface area (TPSA) is 110 Å². The molecule has 0 saturated carbocycles. The molecule has 0 spiro atoms. The van der Waals surface area contributed by atoms with Crippen LogP contribution in [0.25, 0.3) is 0 Å². The number of amides is 2. The number of benzene rings is 1. The molecule has 1 heterocycles. The quantitative estimate of drug-likeness (QED) is 0.654. The zero-order valence-corrected chi connectivity index (χ0v) is 18.0. The minimum absolute atomic E-state index is 0.0557. The molecule has 0 bridgehead atoms. The molecule has 1 fully saturated rings. The van der Waals surface area contributed by atoms with Crippen molar-refractivity contribution in [3.05, 3.63) is 34.9 Å². The lowest BCUT2D eigenvalue weighted by Crippen LogP contribution is -2.47. The normalized spacial score (nSPS) is 18.7. The fourth-order valence-electron chi connectivity index (χ4n) is 3.28. The Morgan fingerprint density at radius 3 is 2.48 bits per heavy atom. The van der Waals surface area contributed by atoms with Gasteiger partial charge in [0.05, 0.1) is 11.5 Å². The van der Waals surface area contributed by atoms with Crippen LogP contribution in [0.1, 0.15) is 41.8 Å². The van der Waals surface area contributed by atoms with E-state index in [1.54, 1.807) is 19.1 Å². The van der Waals surface area contributed by atoms with E-state index in [9.17, 15) is 22.8 Å². The number of hydrogen-bond acceptors (Lipinski definition) is 6. The summed E-state index contributed by atoms with van der Waals surface area (Å²) >= 11 is 0. The van der Waals surface area contributed by atoms with E-state index >= 15 is 0 Å². The van der Waals surface area contributed by atoms with Crippen LogP contribution >= 0.6 is 0 Å². The second-order valence-electron chi connectivity index (χ2n) is 7.29.